The molecule has 1 saturated carbocycles. The third-order valence-corrected chi connectivity index (χ3v) is 3.98. The van der Waals surface area contributed by atoms with Crippen LogP contribution in [0.15, 0.2) is 0 Å². The second kappa shape index (κ2) is 5.35. The van der Waals surface area contributed by atoms with Crippen LogP contribution in [0.5, 0.6) is 0 Å². The van der Waals surface area contributed by atoms with Gasteiger partial charge in [0.1, 0.15) is 6.61 Å². The van der Waals surface area contributed by atoms with Crippen molar-refractivity contribution in [3.63, 3.8) is 0 Å². The minimum absolute atomic E-state index is 0.0233. The van der Waals surface area contributed by atoms with Gasteiger partial charge >= 0.3 is 6.18 Å². The minimum atomic E-state index is -4.27. The molecule has 18 heavy (non-hydrogen) atoms. The van der Waals surface area contributed by atoms with E-state index in [1.807, 2.05) is 0 Å². The van der Waals surface area contributed by atoms with Gasteiger partial charge in [0.15, 0.2) is 0 Å². The highest BCUT2D eigenvalue weighted by atomic mass is 19.4. The predicted octanol–water partition coefficient (Wildman–Crippen LogP) is 2.24. The molecule has 3 nitrogen and oxygen atoms in total. The van der Waals surface area contributed by atoms with Gasteiger partial charge < -0.3 is 15.2 Å². The zero-order chi connectivity index (χ0) is 13.2. The van der Waals surface area contributed by atoms with Crippen molar-refractivity contribution in [1.82, 2.24) is 0 Å². The topological polar surface area (TPSA) is 44.5 Å². The summed E-state index contributed by atoms with van der Waals surface area (Å²) in [6, 6.07) is -0.325. The molecule has 2 atom stereocenters. The summed E-state index contributed by atoms with van der Waals surface area (Å²) in [5, 5.41) is 0. The van der Waals surface area contributed by atoms with E-state index >= 15 is 0 Å². The Labute approximate surface area is 105 Å². The van der Waals surface area contributed by atoms with Crippen LogP contribution in [-0.4, -0.2) is 37.6 Å². The minimum Gasteiger partial charge on any atom is -0.375 e. The van der Waals surface area contributed by atoms with Crippen molar-refractivity contribution in [2.45, 2.75) is 49.9 Å². The first kappa shape index (κ1) is 14.1. The predicted molar refractivity (Wildman–Crippen MR) is 60.1 cm³/mol. The number of ether oxygens (including phenoxy) is 2. The first-order chi connectivity index (χ1) is 8.40. The van der Waals surface area contributed by atoms with E-state index in [9.17, 15) is 13.2 Å². The molecule has 2 N–H and O–H groups in total. The lowest BCUT2D eigenvalue weighted by molar-refractivity contribution is -0.179. The standard InChI is InChI=1S/C12H20F3NO2/c13-12(14,15)8-17-7-10(16)9-2-5-18-11(6-9)3-1-4-11/h9-10H,1-8,16H2. The summed E-state index contributed by atoms with van der Waals surface area (Å²) in [5.41, 5.74) is 5.91. The van der Waals surface area contributed by atoms with Crippen LogP contribution < -0.4 is 5.73 Å². The quantitative estimate of drug-likeness (QED) is 0.849. The first-order valence-electron chi connectivity index (χ1n) is 6.44. The zero-order valence-electron chi connectivity index (χ0n) is 10.3. The van der Waals surface area contributed by atoms with Crippen LogP contribution in [0.25, 0.3) is 0 Å². The lowest BCUT2D eigenvalue weighted by Gasteiger charge is -2.48. The Morgan fingerprint density at radius 1 is 1.39 bits per heavy atom. The summed E-state index contributed by atoms with van der Waals surface area (Å²) in [6.45, 7) is -0.576. The number of hydrogen-bond acceptors (Lipinski definition) is 3. The molecule has 0 aromatic carbocycles. The summed E-state index contributed by atoms with van der Waals surface area (Å²) in [7, 11) is 0. The molecule has 1 aliphatic carbocycles. The van der Waals surface area contributed by atoms with Gasteiger partial charge in [0.25, 0.3) is 0 Å². The van der Waals surface area contributed by atoms with Crippen LogP contribution >= 0.6 is 0 Å². The maximum absolute atomic E-state index is 11.9. The second-order valence-corrected chi connectivity index (χ2v) is 5.43. The van der Waals surface area contributed by atoms with Gasteiger partial charge in [-0.2, -0.15) is 13.2 Å². The zero-order valence-corrected chi connectivity index (χ0v) is 10.3. The van der Waals surface area contributed by atoms with E-state index in [0.29, 0.717) is 6.61 Å². The van der Waals surface area contributed by atoms with Gasteiger partial charge in [-0.1, -0.05) is 0 Å². The molecule has 106 valence electrons. The maximum Gasteiger partial charge on any atom is 0.411 e. The van der Waals surface area contributed by atoms with Crippen molar-refractivity contribution in [2.24, 2.45) is 11.7 Å². The number of nitrogens with two attached hydrogens (primary N) is 1. The highest BCUT2D eigenvalue weighted by Crippen LogP contribution is 2.44. The Morgan fingerprint density at radius 2 is 2.11 bits per heavy atom. The van der Waals surface area contributed by atoms with Crippen molar-refractivity contribution in [1.29, 1.82) is 0 Å². The van der Waals surface area contributed by atoms with E-state index in [1.54, 1.807) is 0 Å². The number of halogens is 3. The summed E-state index contributed by atoms with van der Waals surface area (Å²) in [4.78, 5) is 0. The average Bonchev–Trinajstić information content (AvgIpc) is 2.25. The Kier molecular flexibility index (Phi) is 4.18. The van der Waals surface area contributed by atoms with Crippen molar-refractivity contribution in [2.75, 3.05) is 19.8 Å². The van der Waals surface area contributed by atoms with Crippen LogP contribution in [0.3, 0.4) is 0 Å². The Bertz CT molecular complexity index is 279. The molecule has 2 rings (SSSR count). The fourth-order valence-electron chi connectivity index (χ4n) is 2.80. The van der Waals surface area contributed by atoms with Gasteiger partial charge in [-0.3, -0.25) is 0 Å². The summed E-state index contributed by atoms with van der Waals surface area (Å²) >= 11 is 0. The van der Waals surface area contributed by atoms with E-state index in [1.165, 1.54) is 6.42 Å². The maximum atomic E-state index is 11.9. The van der Waals surface area contributed by atoms with Crippen molar-refractivity contribution in [3.8, 4) is 0 Å². The fourth-order valence-corrected chi connectivity index (χ4v) is 2.80. The van der Waals surface area contributed by atoms with Crippen LogP contribution in [0.2, 0.25) is 0 Å². The van der Waals surface area contributed by atoms with Gasteiger partial charge in [-0.15, -0.1) is 0 Å². The van der Waals surface area contributed by atoms with Gasteiger partial charge in [-0.05, 0) is 38.0 Å². The third-order valence-electron chi connectivity index (χ3n) is 3.98. The van der Waals surface area contributed by atoms with Crippen LogP contribution in [0, 0.1) is 5.92 Å². The summed E-state index contributed by atoms with van der Waals surface area (Å²) in [6.07, 6.45) is 0.693. The molecule has 2 unspecified atom stereocenters. The van der Waals surface area contributed by atoms with Crippen molar-refractivity contribution in [3.05, 3.63) is 0 Å². The smallest absolute Gasteiger partial charge is 0.375 e. The first-order valence-corrected chi connectivity index (χ1v) is 6.44. The van der Waals surface area contributed by atoms with Crippen molar-refractivity contribution < 1.29 is 22.6 Å². The molecule has 1 spiro atoms. The lowest BCUT2D eigenvalue weighted by atomic mass is 9.70. The Balaban J connectivity index is 1.73. The van der Waals surface area contributed by atoms with E-state index in [-0.39, 0.29) is 24.2 Å². The highest BCUT2D eigenvalue weighted by Gasteiger charge is 2.43. The summed E-state index contributed by atoms with van der Waals surface area (Å²) in [5.74, 6) is 0.215. The van der Waals surface area contributed by atoms with Gasteiger partial charge in [0.2, 0.25) is 0 Å². The summed E-state index contributed by atoms with van der Waals surface area (Å²) < 4.78 is 46.3. The molecule has 1 aliphatic heterocycles. The van der Waals surface area contributed by atoms with E-state index in [2.05, 4.69) is 4.74 Å². The molecule has 0 radical (unpaired) electrons. The molecule has 1 heterocycles. The largest absolute Gasteiger partial charge is 0.411 e. The normalized spacial score (nSPS) is 29.0. The second-order valence-electron chi connectivity index (χ2n) is 5.43. The molecular formula is C12H20F3NO2. The lowest BCUT2D eigenvalue weighted by Crippen LogP contribution is -2.50. The van der Waals surface area contributed by atoms with Gasteiger partial charge in [-0.25, -0.2) is 0 Å². The molecule has 2 aliphatic rings. The molecule has 1 saturated heterocycles. The van der Waals surface area contributed by atoms with Crippen molar-refractivity contribution >= 4 is 0 Å². The van der Waals surface area contributed by atoms with Crippen LogP contribution in [0.1, 0.15) is 32.1 Å². The molecule has 0 aromatic heterocycles. The van der Waals surface area contributed by atoms with E-state index in [4.69, 9.17) is 10.5 Å². The molecule has 0 bridgehead atoms. The number of alkyl halides is 3. The molecule has 6 heteroatoms. The number of hydrogen-bond donors (Lipinski definition) is 1. The highest BCUT2D eigenvalue weighted by molar-refractivity contribution is 4.96. The Morgan fingerprint density at radius 3 is 2.67 bits per heavy atom. The van der Waals surface area contributed by atoms with E-state index in [0.717, 1.165) is 25.7 Å². The third kappa shape index (κ3) is 3.59. The molecule has 2 fully saturated rings. The van der Waals surface area contributed by atoms with Gasteiger partial charge in [0.05, 0.1) is 12.2 Å². The van der Waals surface area contributed by atoms with E-state index < -0.39 is 12.8 Å². The number of rotatable bonds is 4. The van der Waals surface area contributed by atoms with Crippen LogP contribution in [-0.2, 0) is 9.47 Å². The monoisotopic (exact) mass is 267 g/mol. The van der Waals surface area contributed by atoms with Crippen LogP contribution in [0.4, 0.5) is 13.2 Å². The molecule has 0 amide bonds. The molecule has 0 aromatic rings. The SMILES string of the molecule is NC(COCC(F)(F)F)C1CCOC2(CCC2)C1. The fraction of sp³-hybridized carbons (Fsp3) is 1.00. The Hall–Kier alpha value is -0.330. The average molecular weight is 267 g/mol. The van der Waals surface area contributed by atoms with Gasteiger partial charge in [0, 0.05) is 12.6 Å². The molecular weight excluding hydrogens is 247 g/mol.